The van der Waals surface area contributed by atoms with Crippen molar-refractivity contribution in [3.05, 3.63) is 18.3 Å². The van der Waals surface area contributed by atoms with Gasteiger partial charge in [0.25, 0.3) is 0 Å². The lowest BCUT2D eigenvalue weighted by atomic mass is 9.89. The summed E-state index contributed by atoms with van der Waals surface area (Å²) in [5.41, 5.74) is 0. The van der Waals surface area contributed by atoms with E-state index in [1.54, 1.807) is 6.20 Å². The van der Waals surface area contributed by atoms with Crippen LogP contribution >= 0.6 is 0 Å². The standard InChI is InChI=1S/C13H19N3O2/c1-16(12-3-2-8-14-15-12)11-4-6-13(7-5-11)17-9-10-18-13/h2-3,8,11H,4-7,9-10H2,1H3. The van der Waals surface area contributed by atoms with E-state index in [4.69, 9.17) is 9.47 Å². The molecule has 3 rings (SSSR count). The van der Waals surface area contributed by atoms with Gasteiger partial charge in [-0.15, -0.1) is 5.10 Å². The zero-order chi connectivity index (χ0) is 12.4. The average Bonchev–Trinajstić information content (AvgIpc) is 2.88. The molecule has 0 amide bonds. The quantitative estimate of drug-likeness (QED) is 0.796. The normalized spacial score (nSPS) is 23.4. The SMILES string of the molecule is CN(c1cccnn1)C1CCC2(CC1)OCCO2. The van der Waals surface area contributed by atoms with Crippen LogP contribution in [0.4, 0.5) is 5.82 Å². The topological polar surface area (TPSA) is 47.5 Å². The van der Waals surface area contributed by atoms with Crippen LogP contribution in [0.5, 0.6) is 0 Å². The van der Waals surface area contributed by atoms with Gasteiger partial charge in [0.15, 0.2) is 11.6 Å². The molecule has 0 bridgehead atoms. The largest absolute Gasteiger partial charge is 0.355 e. The summed E-state index contributed by atoms with van der Waals surface area (Å²) in [4.78, 5) is 2.22. The minimum Gasteiger partial charge on any atom is -0.355 e. The van der Waals surface area contributed by atoms with Crippen molar-refractivity contribution in [1.82, 2.24) is 10.2 Å². The predicted molar refractivity (Wildman–Crippen MR) is 67.3 cm³/mol. The molecule has 1 aromatic heterocycles. The van der Waals surface area contributed by atoms with Gasteiger partial charge in [-0.1, -0.05) is 0 Å². The van der Waals surface area contributed by atoms with Crippen LogP contribution in [0, 0.1) is 0 Å². The molecule has 5 heteroatoms. The molecular formula is C13H19N3O2. The molecule has 18 heavy (non-hydrogen) atoms. The Morgan fingerprint density at radius 3 is 2.61 bits per heavy atom. The summed E-state index contributed by atoms with van der Waals surface area (Å²) in [5.74, 6) is 0.659. The first-order valence-electron chi connectivity index (χ1n) is 6.58. The van der Waals surface area contributed by atoms with Crippen LogP contribution in [0.1, 0.15) is 25.7 Å². The predicted octanol–water partition coefficient (Wildman–Crippen LogP) is 1.60. The molecule has 2 fully saturated rings. The maximum Gasteiger partial charge on any atom is 0.168 e. The molecule has 0 N–H and O–H groups in total. The summed E-state index contributed by atoms with van der Waals surface area (Å²) in [6.07, 6.45) is 5.80. The van der Waals surface area contributed by atoms with Crippen LogP contribution in [0.15, 0.2) is 18.3 Å². The van der Waals surface area contributed by atoms with E-state index in [2.05, 4.69) is 22.1 Å². The molecule has 0 aromatic carbocycles. The first kappa shape index (κ1) is 11.9. The van der Waals surface area contributed by atoms with Crippen LogP contribution in [-0.4, -0.2) is 42.3 Å². The number of hydrogen-bond acceptors (Lipinski definition) is 5. The van der Waals surface area contributed by atoms with Gasteiger partial charge in [0.05, 0.1) is 13.2 Å². The van der Waals surface area contributed by atoms with Gasteiger partial charge in [-0.3, -0.25) is 0 Å². The summed E-state index contributed by atoms with van der Waals surface area (Å²) in [7, 11) is 2.09. The lowest BCUT2D eigenvalue weighted by molar-refractivity contribution is -0.178. The van der Waals surface area contributed by atoms with Crippen molar-refractivity contribution >= 4 is 5.82 Å². The lowest BCUT2D eigenvalue weighted by Crippen LogP contribution is -2.43. The molecule has 1 aromatic rings. The van der Waals surface area contributed by atoms with Crippen LogP contribution in [0.2, 0.25) is 0 Å². The van der Waals surface area contributed by atoms with Crippen molar-refractivity contribution in [2.45, 2.75) is 37.5 Å². The molecule has 2 heterocycles. The number of rotatable bonds is 2. The van der Waals surface area contributed by atoms with Crippen LogP contribution in [0.25, 0.3) is 0 Å². The fourth-order valence-corrected chi connectivity index (χ4v) is 2.88. The molecular weight excluding hydrogens is 230 g/mol. The minimum absolute atomic E-state index is 0.278. The number of anilines is 1. The molecule has 1 aliphatic heterocycles. The maximum absolute atomic E-state index is 5.75. The highest BCUT2D eigenvalue weighted by Crippen LogP contribution is 2.37. The van der Waals surface area contributed by atoms with Crippen molar-refractivity contribution in [3.8, 4) is 0 Å². The highest BCUT2D eigenvalue weighted by atomic mass is 16.7. The fourth-order valence-electron chi connectivity index (χ4n) is 2.88. The number of aromatic nitrogens is 2. The Bertz CT molecular complexity index is 382. The average molecular weight is 249 g/mol. The Hall–Kier alpha value is -1.20. The first-order valence-corrected chi connectivity index (χ1v) is 6.58. The third-order valence-electron chi connectivity index (χ3n) is 4.00. The maximum atomic E-state index is 5.75. The molecule has 0 radical (unpaired) electrons. The van der Waals surface area contributed by atoms with E-state index in [0.29, 0.717) is 6.04 Å². The summed E-state index contributed by atoms with van der Waals surface area (Å²) in [6, 6.07) is 4.42. The van der Waals surface area contributed by atoms with Crippen molar-refractivity contribution in [2.24, 2.45) is 0 Å². The van der Waals surface area contributed by atoms with Gasteiger partial charge in [0.2, 0.25) is 0 Å². The Morgan fingerprint density at radius 2 is 2.00 bits per heavy atom. The lowest BCUT2D eigenvalue weighted by Gasteiger charge is -2.39. The number of nitrogens with zero attached hydrogens (tertiary/aromatic N) is 3. The van der Waals surface area contributed by atoms with Crippen molar-refractivity contribution in [2.75, 3.05) is 25.2 Å². The zero-order valence-corrected chi connectivity index (χ0v) is 10.7. The highest BCUT2D eigenvalue weighted by Gasteiger charge is 2.41. The van der Waals surface area contributed by atoms with E-state index in [1.165, 1.54) is 0 Å². The number of hydrogen-bond donors (Lipinski definition) is 0. The van der Waals surface area contributed by atoms with Gasteiger partial charge in [-0.2, -0.15) is 5.10 Å². The van der Waals surface area contributed by atoms with Gasteiger partial charge >= 0.3 is 0 Å². The number of ether oxygens (including phenoxy) is 2. The van der Waals surface area contributed by atoms with Gasteiger partial charge in [-0.25, -0.2) is 0 Å². The zero-order valence-electron chi connectivity index (χ0n) is 10.7. The van der Waals surface area contributed by atoms with Gasteiger partial charge in [0.1, 0.15) is 0 Å². The van der Waals surface area contributed by atoms with Crippen molar-refractivity contribution in [3.63, 3.8) is 0 Å². The second kappa shape index (κ2) is 4.82. The van der Waals surface area contributed by atoms with Gasteiger partial charge in [-0.05, 0) is 25.0 Å². The molecule has 1 saturated carbocycles. The van der Waals surface area contributed by atoms with Crippen LogP contribution in [-0.2, 0) is 9.47 Å². The van der Waals surface area contributed by atoms with E-state index in [9.17, 15) is 0 Å². The molecule has 5 nitrogen and oxygen atoms in total. The Morgan fingerprint density at radius 1 is 1.28 bits per heavy atom. The molecule has 2 aliphatic rings. The van der Waals surface area contributed by atoms with E-state index >= 15 is 0 Å². The second-order valence-electron chi connectivity index (χ2n) is 5.03. The third kappa shape index (κ3) is 2.20. The van der Waals surface area contributed by atoms with Crippen molar-refractivity contribution < 1.29 is 9.47 Å². The van der Waals surface area contributed by atoms with Gasteiger partial charge < -0.3 is 14.4 Å². The summed E-state index contributed by atoms with van der Waals surface area (Å²) in [5, 5.41) is 8.09. The van der Waals surface area contributed by atoms with Crippen molar-refractivity contribution in [1.29, 1.82) is 0 Å². The Labute approximate surface area is 107 Å². The molecule has 98 valence electrons. The van der Waals surface area contributed by atoms with Crippen LogP contribution < -0.4 is 4.90 Å². The second-order valence-corrected chi connectivity index (χ2v) is 5.03. The molecule has 1 aliphatic carbocycles. The Kier molecular flexibility index (Phi) is 3.18. The van der Waals surface area contributed by atoms with E-state index in [1.807, 2.05) is 12.1 Å². The van der Waals surface area contributed by atoms with E-state index < -0.39 is 0 Å². The highest BCUT2D eigenvalue weighted by molar-refractivity contribution is 5.36. The fraction of sp³-hybridized carbons (Fsp3) is 0.692. The molecule has 0 unspecified atom stereocenters. The smallest absolute Gasteiger partial charge is 0.168 e. The van der Waals surface area contributed by atoms with E-state index in [-0.39, 0.29) is 5.79 Å². The van der Waals surface area contributed by atoms with Crippen LogP contribution in [0.3, 0.4) is 0 Å². The third-order valence-corrected chi connectivity index (χ3v) is 4.00. The van der Waals surface area contributed by atoms with E-state index in [0.717, 1.165) is 44.7 Å². The molecule has 1 spiro atoms. The Balaban J connectivity index is 1.62. The minimum atomic E-state index is -0.278. The first-order chi connectivity index (χ1) is 8.79. The summed E-state index contributed by atoms with van der Waals surface area (Å²) in [6.45, 7) is 1.48. The molecule has 1 saturated heterocycles. The monoisotopic (exact) mass is 249 g/mol. The summed E-state index contributed by atoms with van der Waals surface area (Å²) >= 11 is 0. The molecule has 0 atom stereocenters. The van der Waals surface area contributed by atoms with Gasteiger partial charge in [0, 0.05) is 32.1 Å². The summed E-state index contributed by atoms with van der Waals surface area (Å²) < 4.78 is 11.5.